The topological polar surface area (TPSA) is 70.1 Å². The molecule has 2 N–H and O–H groups in total. The fraction of sp³-hybridized carbons (Fsp3) is 0.222. The highest BCUT2D eigenvalue weighted by Gasteiger charge is 2.12. The van der Waals surface area contributed by atoms with Crippen LogP contribution < -0.4 is 10.5 Å². The van der Waals surface area contributed by atoms with Crippen LogP contribution in [-0.2, 0) is 11.3 Å². The van der Waals surface area contributed by atoms with E-state index in [9.17, 15) is 4.79 Å². The predicted octanol–water partition coefficient (Wildman–Crippen LogP) is 3.00. The summed E-state index contributed by atoms with van der Waals surface area (Å²) in [5.74, 6) is 1.21. The number of para-hydroxylation sites is 2. The molecule has 0 spiro atoms. The summed E-state index contributed by atoms with van der Waals surface area (Å²) >= 11 is 1.56. The van der Waals surface area contributed by atoms with Crippen LogP contribution in [0.3, 0.4) is 0 Å². The van der Waals surface area contributed by atoms with Gasteiger partial charge in [0, 0.05) is 5.75 Å². The monoisotopic (exact) mass is 341 g/mol. The quantitative estimate of drug-likeness (QED) is 0.530. The van der Waals surface area contributed by atoms with Gasteiger partial charge in [-0.15, -0.1) is 0 Å². The summed E-state index contributed by atoms with van der Waals surface area (Å²) in [6, 6.07) is 15.7. The SMILES string of the molecule is Cc1ccc(OCCSc2nc3ccccc3n2CC(N)=O)cc1. The number of primary amides is 1. The Morgan fingerprint density at radius 3 is 2.71 bits per heavy atom. The molecule has 0 saturated heterocycles. The van der Waals surface area contributed by atoms with Crippen molar-refractivity contribution in [3.8, 4) is 5.75 Å². The van der Waals surface area contributed by atoms with Crippen LogP contribution in [0.2, 0.25) is 0 Å². The molecule has 2 aromatic carbocycles. The van der Waals surface area contributed by atoms with Crippen LogP contribution in [0, 0.1) is 6.92 Å². The molecule has 0 atom stereocenters. The normalized spacial score (nSPS) is 10.9. The predicted molar refractivity (Wildman–Crippen MR) is 96.3 cm³/mol. The van der Waals surface area contributed by atoms with Gasteiger partial charge in [0.1, 0.15) is 12.3 Å². The van der Waals surface area contributed by atoms with Crippen molar-refractivity contribution in [3.05, 3.63) is 54.1 Å². The molecule has 0 fully saturated rings. The Morgan fingerprint density at radius 2 is 1.96 bits per heavy atom. The molecule has 1 aromatic heterocycles. The number of benzene rings is 2. The first-order valence-electron chi connectivity index (χ1n) is 7.69. The van der Waals surface area contributed by atoms with E-state index in [4.69, 9.17) is 10.5 Å². The Balaban J connectivity index is 1.66. The third-order valence-electron chi connectivity index (χ3n) is 3.54. The number of carbonyl (C=O) groups excluding carboxylic acids is 1. The molecule has 24 heavy (non-hydrogen) atoms. The van der Waals surface area contributed by atoms with Gasteiger partial charge < -0.3 is 15.0 Å². The molecule has 0 radical (unpaired) electrons. The maximum atomic E-state index is 11.3. The van der Waals surface area contributed by atoms with Crippen molar-refractivity contribution in [3.63, 3.8) is 0 Å². The molecule has 0 unspecified atom stereocenters. The van der Waals surface area contributed by atoms with Crippen LogP contribution >= 0.6 is 11.8 Å². The Hall–Kier alpha value is -2.47. The van der Waals surface area contributed by atoms with E-state index in [2.05, 4.69) is 4.98 Å². The molecule has 124 valence electrons. The summed E-state index contributed by atoms with van der Waals surface area (Å²) in [7, 11) is 0. The molecule has 5 nitrogen and oxygen atoms in total. The van der Waals surface area contributed by atoms with Crippen molar-refractivity contribution >= 4 is 28.7 Å². The molecule has 3 aromatic rings. The minimum atomic E-state index is -0.379. The van der Waals surface area contributed by atoms with E-state index in [0.717, 1.165) is 27.7 Å². The average Bonchev–Trinajstić information content (AvgIpc) is 2.91. The molecule has 0 aliphatic rings. The number of aryl methyl sites for hydroxylation is 1. The van der Waals surface area contributed by atoms with Gasteiger partial charge in [0.05, 0.1) is 17.6 Å². The molecule has 0 aliphatic carbocycles. The first-order valence-corrected chi connectivity index (χ1v) is 8.68. The number of ether oxygens (including phenoxy) is 1. The lowest BCUT2D eigenvalue weighted by Crippen LogP contribution is -2.19. The molecule has 3 rings (SSSR count). The van der Waals surface area contributed by atoms with E-state index in [1.807, 2.05) is 60.0 Å². The van der Waals surface area contributed by atoms with E-state index in [0.29, 0.717) is 6.61 Å². The van der Waals surface area contributed by atoms with Gasteiger partial charge in [-0.3, -0.25) is 4.79 Å². The molecule has 1 amide bonds. The second kappa shape index (κ2) is 7.40. The summed E-state index contributed by atoms with van der Waals surface area (Å²) in [4.78, 5) is 15.9. The Morgan fingerprint density at radius 1 is 1.21 bits per heavy atom. The van der Waals surface area contributed by atoms with Crippen molar-refractivity contribution in [2.75, 3.05) is 12.4 Å². The van der Waals surface area contributed by atoms with E-state index in [-0.39, 0.29) is 12.5 Å². The highest BCUT2D eigenvalue weighted by molar-refractivity contribution is 7.99. The lowest BCUT2D eigenvalue weighted by molar-refractivity contribution is -0.118. The maximum Gasteiger partial charge on any atom is 0.237 e. The van der Waals surface area contributed by atoms with Gasteiger partial charge in [0.2, 0.25) is 5.91 Å². The van der Waals surface area contributed by atoms with Crippen molar-refractivity contribution < 1.29 is 9.53 Å². The summed E-state index contributed by atoms with van der Waals surface area (Å²) in [6.07, 6.45) is 0. The van der Waals surface area contributed by atoms with E-state index in [1.165, 1.54) is 5.56 Å². The number of fused-ring (bicyclic) bond motifs is 1. The number of carbonyl (C=O) groups is 1. The van der Waals surface area contributed by atoms with Crippen LogP contribution in [0.25, 0.3) is 11.0 Å². The van der Waals surface area contributed by atoms with E-state index in [1.54, 1.807) is 11.8 Å². The number of thioether (sulfide) groups is 1. The number of rotatable bonds is 7. The summed E-state index contributed by atoms with van der Waals surface area (Å²) in [5, 5.41) is 0.780. The lowest BCUT2D eigenvalue weighted by Gasteiger charge is -2.08. The first kappa shape index (κ1) is 16.4. The molecular formula is C18H19N3O2S. The third-order valence-corrected chi connectivity index (χ3v) is 4.48. The largest absolute Gasteiger partial charge is 0.493 e. The number of imidazole rings is 1. The molecule has 6 heteroatoms. The smallest absolute Gasteiger partial charge is 0.237 e. The molecule has 0 aliphatic heterocycles. The Labute approximate surface area is 144 Å². The summed E-state index contributed by atoms with van der Waals surface area (Å²) < 4.78 is 7.58. The number of amides is 1. The maximum absolute atomic E-state index is 11.3. The van der Waals surface area contributed by atoms with Crippen molar-refractivity contribution in [2.24, 2.45) is 5.73 Å². The highest BCUT2D eigenvalue weighted by Crippen LogP contribution is 2.24. The zero-order valence-electron chi connectivity index (χ0n) is 13.4. The number of nitrogens with two attached hydrogens (primary N) is 1. The number of hydrogen-bond acceptors (Lipinski definition) is 4. The first-order chi connectivity index (χ1) is 11.6. The summed E-state index contributed by atoms with van der Waals surface area (Å²) in [6.45, 7) is 2.73. The number of nitrogens with zero attached hydrogens (tertiary/aromatic N) is 2. The van der Waals surface area contributed by atoms with Gasteiger partial charge in [-0.05, 0) is 31.2 Å². The van der Waals surface area contributed by atoms with Crippen LogP contribution in [0.5, 0.6) is 5.75 Å². The number of aromatic nitrogens is 2. The van der Waals surface area contributed by atoms with Gasteiger partial charge in [-0.25, -0.2) is 4.98 Å². The van der Waals surface area contributed by atoms with Gasteiger partial charge >= 0.3 is 0 Å². The Bertz CT molecular complexity index is 843. The standard InChI is InChI=1S/C18H19N3O2S/c1-13-6-8-14(9-7-13)23-10-11-24-18-20-15-4-2-3-5-16(15)21(18)12-17(19)22/h2-9H,10-12H2,1H3,(H2,19,22). The van der Waals surface area contributed by atoms with Crippen molar-refractivity contribution in [1.29, 1.82) is 0 Å². The van der Waals surface area contributed by atoms with Gasteiger partial charge in [0.25, 0.3) is 0 Å². The fourth-order valence-corrected chi connectivity index (χ4v) is 3.23. The van der Waals surface area contributed by atoms with Crippen LogP contribution in [0.15, 0.2) is 53.7 Å². The van der Waals surface area contributed by atoms with Crippen molar-refractivity contribution in [1.82, 2.24) is 9.55 Å². The zero-order valence-corrected chi connectivity index (χ0v) is 14.3. The lowest BCUT2D eigenvalue weighted by atomic mass is 10.2. The van der Waals surface area contributed by atoms with Gasteiger partial charge in [-0.2, -0.15) is 0 Å². The van der Waals surface area contributed by atoms with E-state index < -0.39 is 0 Å². The molecule has 0 saturated carbocycles. The fourth-order valence-electron chi connectivity index (χ4n) is 2.40. The zero-order chi connectivity index (χ0) is 16.9. The molecule has 1 heterocycles. The number of hydrogen-bond donors (Lipinski definition) is 1. The van der Waals surface area contributed by atoms with Crippen molar-refractivity contribution in [2.45, 2.75) is 18.6 Å². The average molecular weight is 341 g/mol. The van der Waals surface area contributed by atoms with Crippen LogP contribution in [0.1, 0.15) is 5.56 Å². The molecule has 0 bridgehead atoms. The Kier molecular flexibility index (Phi) is 5.05. The second-order valence-electron chi connectivity index (χ2n) is 5.45. The van der Waals surface area contributed by atoms with E-state index >= 15 is 0 Å². The highest BCUT2D eigenvalue weighted by atomic mass is 32.2. The summed E-state index contributed by atoms with van der Waals surface area (Å²) in [5.41, 5.74) is 8.35. The van der Waals surface area contributed by atoms with Crippen LogP contribution in [-0.4, -0.2) is 27.8 Å². The van der Waals surface area contributed by atoms with Gasteiger partial charge in [-0.1, -0.05) is 41.6 Å². The second-order valence-corrected chi connectivity index (χ2v) is 6.51. The molecular weight excluding hydrogens is 322 g/mol. The van der Waals surface area contributed by atoms with Crippen LogP contribution in [0.4, 0.5) is 0 Å². The minimum absolute atomic E-state index is 0.127. The van der Waals surface area contributed by atoms with Gasteiger partial charge in [0.15, 0.2) is 5.16 Å². The minimum Gasteiger partial charge on any atom is -0.493 e. The third kappa shape index (κ3) is 3.89.